The third kappa shape index (κ3) is 4.42. The van der Waals surface area contributed by atoms with E-state index in [-0.39, 0.29) is 12.0 Å². The fourth-order valence-electron chi connectivity index (χ4n) is 2.73. The molecule has 0 bridgehead atoms. The maximum absolute atomic E-state index is 5.99. The second-order valence-corrected chi connectivity index (χ2v) is 6.88. The Morgan fingerprint density at radius 1 is 1.23 bits per heavy atom. The molecule has 8 heteroatoms. The SMILES string of the molecule is C1CCNC1.CC(C)n1cnc2c(Nc3cccc(Cl)c3)nc(N)nc21. The standard InChI is InChI=1S/C14H15ClN6.C4H9N/c1-8(2)21-7-17-11-12(19-14(16)20-13(11)21)18-10-5-3-4-9(15)6-10;1-2-4-5-3-1/h3-8H,1-2H3,(H3,16,18,19,20);5H,1-4H2. The van der Waals surface area contributed by atoms with Crippen LogP contribution in [-0.2, 0) is 0 Å². The highest BCUT2D eigenvalue weighted by atomic mass is 35.5. The molecule has 0 atom stereocenters. The van der Waals surface area contributed by atoms with Gasteiger partial charge >= 0.3 is 0 Å². The van der Waals surface area contributed by atoms with Crippen LogP contribution in [0.15, 0.2) is 30.6 Å². The molecule has 1 aromatic carbocycles. The number of hydrogen-bond donors (Lipinski definition) is 3. The van der Waals surface area contributed by atoms with Crippen LogP contribution >= 0.6 is 11.6 Å². The van der Waals surface area contributed by atoms with Gasteiger partial charge in [-0.3, -0.25) is 0 Å². The molecule has 1 fully saturated rings. The van der Waals surface area contributed by atoms with Crippen molar-refractivity contribution in [3.05, 3.63) is 35.6 Å². The molecular formula is C18H24ClN7. The Labute approximate surface area is 158 Å². The zero-order valence-electron chi connectivity index (χ0n) is 15.0. The molecule has 3 aromatic rings. The van der Waals surface area contributed by atoms with Gasteiger partial charge in [0.25, 0.3) is 0 Å². The second-order valence-electron chi connectivity index (χ2n) is 6.44. The molecule has 0 unspecified atom stereocenters. The minimum absolute atomic E-state index is 0.203. The van der Waals surface area contributed by atoms with E-state index in [1.165, 1.54) is 25.9 Å². The predicted molar refractivity (Wildman–Crippen MR) is 107 cm³/mol. The van der Waals surface area contributed by atoms with Crippen LogP contribution in [0.25, 0.3) is 11.2 Å². The zero-order chi connectivity index (χ0) is 18.5. The van der Waals surface area contributed by atoms with Gasteiger partial charge in [0.1, 0.15) is 0 Å². The lowest BCUT2D eigenvalue weighted by molar-refractivity contribution is 0.613. The summed E-state index contributed by atoms with van der Waals surface area (Å²) in [7, 11) is 0. The number of rotatable bonds is 3. The van der Waals surface area contributed by atoms with Gasteiger partial charge in [-0.05, 0) is 58.0 Å². The minimum Gasteiger partial charge on any atom is -0.368 e. The fourth-order valence-corrected chi connectivity index (χ4v) is 2.92. The van der Waals surface area contributed by atoms with Crippen LogP contribution in [0.1, 0.15) is 32.7 Å². The van der Waals surface area contributed by atoms with Crippen LogP contribution < -0.4 is 16.4 Å². The molecule has 0 radical (unpaired) electrons. The Morgan fingerprint density at radius 2 is 2.00 bits per heavy atom. The number of nitrogens with two attached hydrogens (primary N) is 1. The van der Waals surface area contributed by atoms with Crippen molar-refractivity contribution < 1.29 is 0 Å². The Kier molecular flexibility index (Phi) is 5.90. The lowest BCUT2D eigenvalue weighted by Crippen LogP contribution is -2.05. The molecule has 0 spiro atoms. The predicted octanol–water partition coefficient (Wildman–Crippen LogP) is 3.76. The Bertz CT molecular complexity index is 863. The van der Waals surface area contributed by atoms with Crippen molar-refractivity contribution in [3.8, 4) is 0 Å². The molecule has 1 aliphatic heterocycles. The van der Waals surface area contributed by atoms with Gasteiger partial charge in [0.2, 0.25) is 5.95 Å². The summed E-state index contributed by atoms with van der Waals surface area (Å²) in [6, 6.07) is 7.62. The molecule has 1 aliphatic rings. The average molecular weight is 374 g/mol. The number of hydrogen-bond acceptors (Lipinski definition) is 6. The van der Waals surface area contributed by atoms with Crippen molar-refractivity contribution in [3.63, 3.8) is 0 Å². The topological polar surface area (TPSA) is 93.7 Å². The lowest BCUT2D eigenvalue weighted by Gasteiger charge is -2.10. The van der Waals surface area contributed by atoms with Gasteiger partial charge in [0.15, 0.2) is 17.0 Å². The highest BCUT2D eigenvalue weighted by Gasteiger charge is 2.14. The largest absolute Gasteiger partial charge is 0.368 e. The summed E-state index contributed by atoms with van der Waals surface area (Å²) in [5, 5.41) is 7.06. The second kappa shape index (κ2) is 8.33. The van der Waals surface area contributed by atoms with Crippen LogP contribution in [0.3, 0.4) is 0 Å². The van der Waals surface area contributed by atoms with Crippen molar-refractivity contribution in [2.75, 3.05) is 24.1 Å². The Hall–Kier alpha value is -2.38. The van der Waals surface area contributed by atoms with E-state index in [4.69, 9.17) is 17.3 Å². The van der Waals surface area contributed by atoms with E-state index in [0.29, 0.717) is 22.0 Å². The molecule has 3 heterocycles. The zero-order valence-corrected chi connectivity index (χ0v) is 15.8. The molecule has 0 amide bonds. The Balaban J connectivity index is 0.000000339. The lowest BCUT2D eigenvalue weighted by atomic mass is 10.3. The third-order valence-electron chi connectivity index (χ3n) is 4.04. The van der Waals surface area contributed by atoms with Crippen molar-refractivity contribution in [2.45, 2.75) is 32.7 Å². The summed E-state index contributed by atoms with van der Waals surface area (Å²) < 4.78 is 1.95. The number of fused-ring (bicyclic) bond motifs is 1. The molecule has 26 heavy (non-hydrogen) atoms. The Morgan fingerprint density at radius 3 is 2.62 bits per heavy atom. The molecule has 138 valence electrons. The maximum Gasteiger partial charge on any atom is 0.224 e. The average Bonchev–Trinajstić information content (AvgIpc) is 3.27. The van der Waals surface area contributed by atoms with Crippen LogP contribution in [0.5, 0.6) is 0 Å². The molecule has 0 aliphatic carbocycles. The summed E-state index contributed by atoms with van der Waals surface area (Å²) in [5.41, 5.74) is 8.02. The van der Waals surface area contributed by atoms with E-state index >= 15 is 0 Å². The van der Waals surface area contributed by atoms with Crippen molar-refractivity contribution in [2.24, 2.45) is 0 Å². The van der Waals surface area contributed by atoms with Crippen LogP contribution in [-0.4, -0.2) is 32.6 Å². The van der Waals surface area contributed by atoms with Crippen molar-refractivity contribution in [1.29, 1.82) is 0 Å². The van der Waals surface area contributed by atoms with Crippen LogP contribution in [0.4, 0.5) is 17.5 Å². The fraction of sp³-hybridized carbons (Fsp3) is 0.389. The molecule has 7 nitrogen and oxygen atoms in total. The van der Waals surface area contributed by atoms with Gasteiger partial charge in [-0.1, -0.05) is 17.7 Å². The van der Waals surface area contributed by atoms with Gasteiger partial charge < -0.3 is 20.9 Å². The minimum atomic E-state index is 0.203. The number of anilines is 3. The van der Waals surface area contributed by atoms with E-state index in [9.17, 15) is 0 Å². The number of aromatic nitrogens is 4. The number of nitrogens with zero attached hydrogens (tertiary/aromatic N) is 4. The number of nitrogens with one attached hydrogen (secondary N) is 2. The van der Waals surface area contributed by atoms with Crippen molar-refractivity contribution >= 4 is 40.2 Å². The molecular weight excluding hydrogens is 350 g/mol. The quantitative estimate of drug-likeness (QED) is 0.647. The number of halogens is 1. The number of benzene rings is 1. The van der Waals surface area contributed by atoms with Gasteiger partial charge in [0, 0.05) is 16.8 Å². The first-order valence-electron chi connectivity index (χ1n) is 8.78. The molecule has 1 saturated heterocycles. The van der Waals surface area contributed by atoms with E-state index in [1.54, 1.807) is 6.33 Å². The summed E-state index contributed by atoms with van der Waals surface area (Å²) in [5.74, 6) is 0.772. The third-order valence-corrected chi connectivity index (χ3v) is 4.27. The first-order chi connectivity index (χ1) is 12.5. The summed E-state index contributed by atoms with van der Waals surface area (Å²) in [6.07, 6.45) is 4.52. The summed E-state index contributed by atoms with van der Waals surface area (Å²) in [6.45, 7) is 6.62. The van der Waals surface area contributed by atoms with Gasteiger partial charge in [-0.2, -0.15) is 9.97 Å². The first-order valence-corrected chi connectivity index (χ1v) is 9.16. The van der Waals surface area contributed by atoms with Gasteiger partial charge in [0.05, 0.1) is 6.33 Å². The number of imidazole rings is 1. The summed E-state index contributed by atoms with van der Waals surface area (Å²) >= 11 is 5.99. The molecule has 4 N–H and O–H groups in total. The monoisotopic (exact) mass is 373 g/mol. The molecule has 2 aromatic heterocycles. The van der Waals surface area contributed by atoms with Gasteiger partial charge in [-0.15, -0.1) is 0 Å². The van der Waals surface area contributed by atoms with E-state index in [0.717, 1.165) is 5.69 Å². The first kappa shape index (κ1) is 18.4. The maximum atomic E-state index is 5.99. The highest BCUT2D eigenvalue weighted by Crippen LogP contribution is 2.26. The van der Waals surface area contributed by atoms with E-state index in [1.807, 2.05) is 28.8 Å². The number of nitrogen functional groups attached to an aromatic ring is 1. The van der Waals surface area contributed by atoms with Gasteiger partial charge in [-0.25, -0.2) is 4.98 Å². The van der Waals surface area contributed by atoms with Crippen LogP contribution in [0.2, 0.25) is 5.02 Å². The van der Waals surface area contributed by atoms with Crippen molar-refractivity contribution in [1.82, 2.24) is 24.8 Å². The van der Waals surface area contributed by atoms with Crippen LogP contribution in [0, 0.1) is 0 Å². The van der Waals surface area contributed by atoms with E-state index < -0.39 is 0 Å². The molecule has 4 rings (SSSR count). The molecule has 0 saturated carbocycles. The smallest absolute Gasteiger partial charge is 0.224 e. The highest BCUT2D eigenvalue weighted by molar-refractivity contribution is 6.30. The summed E-state index contributed by atoms with van der Waals surface area (Å²) in [4.78, 5) is 12.9. The normalized spacial score (nSPS) is 13.7. The van der Waals surface area contributed by atoms with E-state index in [2.05, 4.69) is 39.4 Å².